The smallest absolute Gasteiger partial charge is 0.255 e. The van der Waals surface area contributed by atoms with E-state index in [0.717, 1.165) is 57.3 Å². The van der Waals surface area contributed by atoms with E-state index in [1.807, 2.05) is 23.2 Å². The summed E-state index contributed by atoms with van der Waals surface area (Å²) in [4.78, 5) is 32.3. The molecule has 0 bridgehead atoms. The van der Waals surface area contributed by atoms with E-state index in [1.54, 1.807) is 18.6 Å². The molecule has 1 amide bonds. The Bertz CT molecular complexity index is 775. The van der Waals surface area contributed by atoms with Crippen molar-refractivity contribution >= 4 is 17.5 Å². The molecule has 0 N–H and O–H groups in total. The highest BCUT2D eigenvalue weighted by atomic mass is 16.2. The summed E-state index contributed by atoms with van der Waals surface area (Å²) in [7, 11) is 0. The minimum atomic E-state index is 0.104. The maximum Gasteiger partial charge on any atom is 0.255 e. The predicted octanol–water partition coefficient (Wildman–Crippen LogP) is 2.07. The van der Waals surface area contributed by atoms with Crippen molar-refractivity contribution in [1.82, 2.24) is 19.9 Å². The summed E-state index contributed by atoms with van der Waals surface area (Å²) in [6.45, 7) is 7.33. The Morgan fingerprint density at radius 2 is 1.78 bits per heavy atom. The molecule has 1 unspecified atom stereocenters. The van der Waals surface area contributed by atoms with Crippen LogP contribution < -0.4 is 9.80 Å². The van der Waals surface area contributed by atoms with Crippen molar-refractivity contribution in [2.45, 2.75) is 19.8 Å². The molecule has 2 aliphatic rings. The maximum atomic E-state index is 12.9. The van der Waals surface area contributed by atoms with E-state index in [9.17, 15) is 4.79 Å². The van der Waals surface area contributed by atoms with Crippen LogP contribution in [0.4, 0.5) is 11.6 Å². The van der Waals surface area contributed by atoms with Crippen molar-refractivity contribution in [1.29, 1.82) is 0 Å². The van der Waals surface area contributed by atoms with Gasteiger partial charge >= 0.3 is 0 Å². The summed E-state index contributed by atoms with van der Waals surface area (Å²) < 4.78 is 0. The van der Waals surface area contributed by atoms with E-state index in [4.69, 9.17) is 0 Å². The minimum Gasteiger partial charge on any atom is -0.367 e. The van der Waals surface area contributed by atoms with Crippen molar-refractivity contribution in [2.24, 2.45) is 5.92 Å². The normalized spacial score (nSPS) is 20.6. The molecule has 4 heterocycles. The van der Waals surface area contributed by atoms with Crippen LogP contribution in [0.25, 0.3) is 0 Å². The van der Waals surface area contributed by atoms with Crippen LogP contribution >= 0.6 is 0 Å². The maximum absolute atomic E-state index is 12.9. The minimum absolute atomic E-state index is 0.104. The molecule has 0 saturated carbocycles. The third-order valence-electron chi connectivity index (χ3n) is 5.39. The number of anilines is 2. The largest absolute Gasteiger partial charge is 0.367 e. The van der Waals surface area contributed by atoms with Gasteiger partial charge in [0.05, 0.1) is 17.4 Å². The second kappa shape index (κ2) is 7.90. The molecule has 2 aliphatic heterocycles. The monoisotopic (exact) mass is 366 g/mol. The Morgan fingerprint density at radius 1 is 1.04 bits per heavy atom. The fraction of sp³-hybridized carbons (Fsp3) is 0.500. The molecule has 7 heteroatoms. The lowest BCUT2D eigenvalue weighted by Crippen LogP contribution is -2.47. The average molecular weight is 366 g/mol. The third kappa shape index (κ3) is 4.02. The van der Waals surface area contributed by atoms with Crippen LogP contribution in [-0.2, 0) is 0 Å². The topological polar surface area (TPSA) is 65.5 Å². The van der Waals surface area contributed by atoms with Gasteiger partial charge in [-0.25, -0.2) is 9.97 Å². The number of piperazine rings is 1. The van der Waals surface area contributed by atoms with Crippen molar-refractivity contribution in [3.63, 3.8) is 0 Å². The molecular formula is C20H26N6O. The number of hydrogen-bond donors (Lipinski definition) is 0. The molecule has 0 radical (unpaired) electrons. The SMILES string of the molecule is CC1CCCN(C(=O)c2cncc(N3CCN(c4ncccn4)CC3)c2)C1. The number of carbonyl (C=O) groups excluding carboxylic acids is 1. The molecule has 0 aromatic carbocycles. The molecule has 4 rings (SSSR count). The predicted molar refractivity (Wildman–Crippen MR) is 105 cm³/mol. The van der Waals surface area contributed by atoms with Gasteiger partial charge in [-0.05, 0) is 30.9 Å². The summed E-state index contributed by atoms with van der Waals surface area (Å²) >= 11 is 0. The number of amides is 1. The van der Waals surface area contributed by atoms with Gasteiger partial charge in [-0.1, -0.05) is 6.92 Å². The molecule has 7 nitrogen and oxygen atoms in total. The highest BCUT2D eigenvalue weighted by Gasteiger charge is 2.24. The standard InChI is InChI=1S/C20H26N6O/c1-16-4-2-7-26(15-16)19(27)17-12-18(14-21-13-17)24-8-10-25(11-9-24)20-22-5-3-6-23-20/h3,5-6,12-14,16H,2,4,7-11,15H2,1H3. The van der Waals surface area contributed by atoms with Gasteiger partial charge in [0.15, 0.2) is 0 Å². The summed E-state index contributed by atoms with van der Waals surface area (Å²) in [5.74, 6) is 1.46. The number of nitrogens with zero attached hydrogens (tertiary/aromatic N) is 6. The average Bonchev–Trinajstić information content (AvgIpc) is 2.74. The van der Waals surface area contributed by atoms with Gasteiger partial charge in [0.1, 0.15) is 0 Å². The highest BCUT2D eigenvalue weighted by molar-refractivity contribution is 5.94. The molecular weight excluding hydrogens is 340 g/mol. The van der Waals surface area contributed by atoms with Crippen LogP contribution in [0.15, 0.2) is 36.9 Å². The Kier molecular flexibility index (Phi) is 5.18. The lowest BCUT2D eigenvalue weighted by Gasteiger charge is -2.36. The summed E-state index contributed by atoms with van der Waals surface area (Å²) in [5.41, 5.74) is 1.70. The molecule has 27 heavy (non-hydrogen) atoms. The number of hydrogen-bond acceptors (Lipinski definition) is 6. The molecule has 2 aromatic rings. The van der Waals surface area contributed by atoms with Crippen LogP contribution in [0.2, 0.25) is 0 Å². The zero-order valence-corrected chi connectivity index (χ0v) is 15.8. The van der Waals surface area contributed by atoms with Crippen LogP contribution in [0.5, 0.6) is 0 Å². The Balaban J connectivity index is 1.42. The van der Waals surface area contributed by atoms with Crippen LogP contribution in [-0.4, -0.2) is 65.0 Å². The van der Waals surface area contributed by atoms with E-state index in [-0.39, 0.29) is 5.91 Å². The number of carbonyl (C=O) groups is 1. The zero-order chi connectivity index (χ0) is 18.6. The fourth-order valence-corrected chi connectivity index (χ4v) is 3.89. The summed E-state index contributed by atoms with van der Waals surface area (Å²) in [5, 5.41) is 0. The molecule has 142 valence electrons. The van der Waals surface area contributed by atoms with E-state index in [1.165, 1.54) is 6.42 Å². The summed E-state index contributed by atoms with van der Waals surface area (Å²) in [6, 6.07) is 3.82. The van der Waals surface area contributed by atoms with Crippen LogP contribution in [0.3, 0.4) is 0 Å². The molecule has 2 saturated heterocycles. The second-order valence-electron chi connectivity index (χ2n) is 7.45. The van der Waals surface area contributed by atoms with Crippen molar-refractivity contribution in [3.8, 4) is 0 Å². The molecule has 2 fully saturated rings. The van der Waals surface area contributed by atoms with E-state index in [0.29, 0.717) is 11.5 Å². The molecule has 0 aliphatic carbocycles. The van der Waals surface area contributed by atoms with Gasteiger partial charge in [0.2, 0.25) is 5.95 Å². The Labute approximate surface area is 160 Å². The van der Waals surface area contributed by atoms with Gasteiger partial charge in [0.25, 0.3) is 5.91 Å². The number of rotatable bonds is 3. The fourth-order valence-electron chi connectivity index (χ4n) is 3.89. The Hall–Kier alpha value is -2.70. The van der Waals surface area contributed by atoms with Gasteiger partial charge in [-0.3, -0.25) is 9.78 Å². The number of pyridine rings is 1. The first kappa shape index (κ1) is 17.7. The van der Waals surface area contributed by atoms with E-state index in [2.05, 4.69) is 31.7 Å². The third-order valence-corrected chi connectivity index (χ3v) is 5.39. The van der Waals surface area contributed by atoms with Gasteiger partial charge < -0.3 is 14.7 Å². The zero-order valence-electron chi connectivity index (χ0n) is 15.8. The highest BCUT2D eigenvalue weighted by Crippen LogP contribution is 2.21. The Morgan fingerprint density at radius 3 is 2.52 bits per heavy atom. The molecule has 0 spiro atoms. The lowest BCUT2D eigenvalue weighted by atomic mass is 10.00. The summed E-state index contributed by atoms with van der Waals surface area (Å²) in [6.07, 6.45) is 9.38. The second-order valence-corrected chi connectivity index (χ2v) is 7.45. The van der Waals surface area contributed by atoms with Crippen molar-refractivity contribution in [3.05, 3.63) is 42.5 Å². The van der Waals surface area contributed by atoms with Crippen molar-refractivity contribution in [2.75, 3.05) is 49.1 Å². The van der Waals surface area contributed by atoms with Crippen LogP contribution in [0, 0.1) is 5.92 Å². The van der Waals surface area contributed by atoms with Gasteiger partial charge in [0, 0.05) is 57.9 Å². The van der Waals surface area contributed by atoms with Crippen LogP contribution in [0.1, 0.15) is 30.1 Å². The number of likely N-dealkylation sites (tertiary alicyclic amines) is 1. The van der Waals surface area contributed by atoms with Gasteiger partial charge in [-0.15, -0.1) is 0 Å². The first-order chi connectivity index (χ1) is 13.2. The lowest BCUT2D eigenvalue weighted by molar-refractivity contribution is 0.0682. The van der Waals surface area contributed by atoms with E-state index < -0.39 is 0 Å². The molecule has 1 atom stereocenters. The van der Waals surface area contributed by atoms with Gasteiger partial charge in [-0.2, -0.15) is 0 Å². The molecule has 2 aromatic heterocycles. The van der Waals surface area contributed by atoms with E-state index >= 15 is 0 Å². The first-order valence-electron chi connectivity index (χ1n) is 9.72. The first-order valence-corrected chi connectivity index (χ1v) is 9.72. The number of piperidine rings is 1. The number of aromatic nitrogens is 3. The van der Waals surface area contributed by atoms with Crippen molar-refractivity contribution < 1.29 is 4.79 Å². The quantitative estimate of drug-likeness (QED) is 0.829.